The van der Waals surface area contributed by atoms with Crippen LogP contribution in [-0.4, -0.2) is 13.5 Å². The fourth-order valence-corrected chi connectivity index (χ4v) is 4.00. The summed E-state index contributed by atoms with van der Waals surface area (Å²) in [6, 6.07) is 10.5. The summed E-state index contributed by atoms with van der Waals surface area (Å²) in [6.45, 7) is 4.02. The van der Waals surface area contributed by atoms with Crippen LogP contribution in [0.3, 0.4) is 0 Å². The van der Waals surface area contributed by atoms with E-state index in [4.69, 9.17) is 5.11 Å². The number of aliphatic hydroxyl groups excluding tert-OH is 1. The van der Waals surface area contributed by atoms with Crippen LogP contribution < -0.4 is 4.72 Å². The molecule has 2 rings (SSSR count). The minimum absolute atomic E-state index is 0.150. The molecule has 108 valence electrons. The van der Waals surface area contributed by atoms with Crippen LogP contribution in [0, 0.1) is 0 Å². The molecule has 0 spiro atoms. The average Bonchev–Trinajstić information content (AvgIpc) is 2.88. The minimum atomic E-state index is -3.58. The van der Waals surface area contributed by atoms with E-state index in [1.807, 2.05) is 12.1 Å². The maximum absolute atomic E-state index is 12.2. The van der Waals surface area contributed by atoms with E-state index in [0.717, 1.165) is 16.9 Å². The second kappa shape index (κ2) is 5.95. The summed E-state index contributed by atoms with van der Waals surface area (Å²) in [5.41, 5.74) is 1.69. The van der Waals surface area contributed by atoms with Gasteiger partial charge in [0, 0.05) is 10.6 Å². The Labute approximate surface area is 123 Å². The number of aliphatic hydroxyl groups is 1. The van der Waals surface area contributed by atoms with Crippen LogP contribution in [-0.2, 0) is 16.6 Å². The summed E-state index contributed by atoms with van der Waals surface area (Å²) in [5.74, 6) is 0.407. The molecule has 1 aromatic carbocycles. The van der Waals surface area contributed by atoms with Crippen LogP contribution in [0.15, 0.2) is 40.6 Å². The van der Waals surface area contributed by atoms with Crippen molar-refractivity contribution in [1.82, 2.24) is 0 Å². The number of rotatable bonds is 5. The summed E-state index contributed by atoms with van der Waals surface area (Å²) < 4.78 is 27.1. The first-order chi connectivity index (χ1) is 9.42. The van der Waals surface area contributed by atoms with E-state index >= 15 is 0 Å². The first-order valence-corrected chi connectivity index (χ1v) is 8.54. The van der Waals surface area contributed by atoms with Crippen LogP contribution in [0.25, 0.3) is 0 Å². The summed E-state index contributed by atoms with van der Waals surface area (Å²) in [7, 11) is -3.58. The molecular formula is C14H17NO3S2. The van der Waals surface area contributed by atoms with Gasteiger partial charge in [-0.25, -0.2) is 8.42 Å². The SMILES string of the molecule is CC(C)c1ccc(NS(=O)(=O)c2ccc(CO)s2)cc1. The first kappa shape index (κ1) is 15.0. The van der Waals surface area contributed by atoms with Gasteiger partial charge < -0.3 is 5.11 Å². The first-order valence-electron chi connectivity index (χ1n) is 6.25. The molecule has 0 atom stereocenters. The molecule has 0 amide bonds. The van der Waals surface area contributed by atoms with Gasteiger partial charge in [0.15, 0.2) is 0 Å². The fourth-order valence-electron chi connectivity index (χ4n) is 1.73. The van der Waals surface area contributed by atoms with Crippen LogP contribution in [0.4, 0.5) is 5.69 Å². The molecule has 0 aliphatic rings. The van der Waals surface area contributed by atoms with E-state index < -0.39 is 10.0 Å². The van der Waals surface area contributed by atoms with Crippen molar-refractivity contribution < 1.29 is 13.5 Å². The molecule has 1 heterocycles. The summed E-state index contributed by atoms with van der Waals surface area (Å²) in [5, 5.41) is 8.98. The van der Waals surface area contributed by atoms with Crippen molar-refractivity contribution in [3.05, 3.63) is 46.8 Å². The van der Waals surface area contributed by atoms with Crippen molar-refractivity contribution in [2.24, 2.45) is 0 Å². The van der Waals surface area contributed by atoms with Crippen molar-refractivity contribution in [2.75, 3.05) is 4.72 Å². The molecule has 0 unspecified atom stereocenters. The van der Waals surface area contributed by atoms with Crippen molar-refractivity contribution in [2.45, 2.75) is 30.6 Å². The molecule has 0 saturated carbocycles. The molecule has 0 saturated heterocycles. The monoisotopic (exact) mass is 311 g/mol. The van der Waals surface area contributed by atoms with Gasteiger partial charge in [-0.2, -0.15) is 0 Å². The van der Waals surface area contributed by atoms with Crippen molar-refractivity contribution in [3.63, 3.8) is 0 Å². The normalized spacial score (nSPS) is 11.8. The number of hydrogen-bond acceptors (Lipinski definition) is 4. The summed E-state index contributed by atoms with van der Waals surface area (Å²) >= 11 is 1.07. The lowest BCUT2D eigenvalue weighted by Crippen LogP contribution is -2.11. The van der Waals surface area contributed by atoms with Gasteiger partial charge in [-0.05, 0) is 35.7 Å². The number of nitrogens with one attached hydrogen (secondary N) is 1. The minimum Gasteiger partial charge on any atom is -0.391 e. The number of thiophene rings is 1. The Morgan fingerprint density at radius 1 is 1.15 bits per heavy atom. The standard InChI is InChI=1S/C14H17NO3S2/c1-10(2)11-3-5-12(6-4-11)15-20(17,18)14-8-7-13(9-16)19-14/h3-8,10,15-16H,9H2,1-2H3. The molecule has 4 nitrogen and oxygen atoms in total. The zero-order valence-electron chi connectivity index (χ0n) is 11.3. The largest absolute Gasteiger partial charge is 0.391 e. The Bertz CT molecular complexity index is 673. The third kappa shape index (κ3) is 3.39. The third-order valence-electron chi connectivity index (χ3n) is 2.89. The predicted octanol–water partition coefficient (Wildman–Crippen LogP) is 3.16. The molecule has 0 radical (unpaired) electrons. The summed E-state index contributed by atoms with van der Waals surface area (Å²) in [6.07, 6.45) is 0. The molecule has 0 fully saturated rings. The van der Waals surface area contributed by atoms with Gasteiger partial charge in [-0.1, -0.05) is 26.0 Å². The number of benzene rings is 1. The second-order valence-corrected chi connectivity index (χ2v) is 7.84. The molecule has 0 bridgehead atoms. The Balaban J connectivity index is 2.19. The van der Waals surface area contributed by atoms with Gasteiger partial charge in [-0.15, -0.1) is 11.3 Å². The van der Waals surface area contributed by atoms with Crippen molar-refractivity contribution >= 4 is 27.0 Å². The highest BCUT2D eigenvalue weighted by Gasteiger charge is 2.16. The van der Waals surface area contributed by atoms with E-state index in [9.17, 15) is 8.42 Å². The highest BCUT2D eigenvalue weighted by atomic mass is 32.2. The van der Waals surface area contributed by atoms with Gasteiger partial charge in [0.1, 0.15) is 4.21 Å². The molecule has 20 heavy (non-hydrogen) atoms. The van der Waals surface area contributed by atoms with Crippen LogP contribution in [0.2, 0.25) is 0 Å². The summed E-state index contributed by atoms with van der Waals surface area (Å²) in [4.78, 5) is 0.625. The zero-order chi connectivity index (χ0) is 14.8. The topological polar surface area (TPSA) is 66.4 Å². The van der Waals surface area contributed by atoms with Crippen LogP contribution >= 0.6 is 11.3 Å². The molecule has 2 aromatic rings. The molecule has 0 aliphatic carbocycles. The third-order valence-corrected chi connectivity index (χ3v) is 5.83. The lowest BCUT2D eigenvalue weighted by Gasteiger charge is -2.09. The van der Waals surface area contributed by atoms with Gasteiger partial charge in [0.2, 0.25) is 0 Å². The maximum atomic E-state index is 12.2. The van der Waals surface area contributed by atoms with Gasteiger partial charge >= 0.3 is 0 Å². The Morgan fingerprint density at radius 2 is 1.80 bits per heavy atom. The second-order valence-electron chi connectivity index (χ2n) is 4.76. The Morgan fingerprint density at radius 3 is 2.30 bits per heavy atom. The number of anilines is 1. The number of sulfonamides is 1. The fraction of sp³-hybridized carbons (Fsp3) is 0.286. The number of hydrogen-bond donors (Lipinski definition) is 2. The van der Waals surface area contributed by atoms with Crippen molar-refractivity contribution in [1.29, 1.82) is 0 Å². The van der Waals surface area contributed by atoms with E-state index in [1.54, 1.807) is 18.2 Å². The Kier molecular flexibility index (Phi) is 4.47. The molecular weight excluding hydrogens is 294 g/mol. The van der Waals surface area contributed by atoms with Gasteiger partial charge in [0.05, 0.1) is 6.61 Å². The zero-order valence-corrected chi connectivity index (χ0v) is 13.0. The lowest BCUT2D eigenvalue weighted by molar-refractivity contribution is 0.285. The lowest BCUT2D eigenvalue weighted by atomic mass is 10.0. The maximum Gasteiger partial charge on any atom is 0.271 e. The molecule has 1 aromatic heterocycles. The van der Waals surface area contributed by atoms with E-state index in [-0.39, 0.29) is 10.8 Å². The van der Waals surface area contributed by atoms with Gasteiger partial charge in [0.25, 0.3) is 10.0 Å². The van der Waals surface area contributed by atoms with E-state index in [0.29, 0.717) is 16.5 Å². The van der Waals surface area contributed by atoms with Crippen LogP contribution in [0.5, 0.6) is 0 Å². The molecule has 2 N–H and O–H groups in total. The van der Waals surface area contributed by atoms with E-state index in [2.05, 4.69) is 18.6 Å². The smallest absolute Gasteiger partial charge is 0.271 e. The van der Waals surface area contributed by atoms with Gasteiger partial charge in [-0.3, -0.25) is 4.72 Å². The van der Waals surface area contributed by atoms with E-state index in [1.165, 1.54) is 6.07 Å². The quantitative estimate of drug-likeness (QED) is 0.891. The molecule has 0 aliphatic heterocycles. The molecule has 6 heteroatoms. The van der Waals surface area contributed by atoms with Crippen molar-refractivity contribution in [3.8, 4) is 0 Å². The van der Waals surface area contributed by atoms with Crippen LogP contribution in [0.1, 0.15) is 30.2 Å². The average molecular weight is 311 g/mol. The highest BCUT2D eigenvalue weighted by molar-refractivity contribution is 7.94. The predicted molar refractivity (Wildman–Crippen MR) is 81.6 cm³/mol. The Hall–Kier alpha value is -1.37. The highest BCUT2D eigenvalue weighted by Crippen LogP contribution is 2.25.